The highest BCUT2D eigenvalue weighted by molar-refractivity contribution is 7.89. The summed E-state index contributed by atoms with van der Waals surface area (Å²) in [5.41, 5.74) is 0.651. The summed E-state index contributed by atoms with van der Waals surface area (Å²) in [6.07, 6.45) is 3.80. The van der Waals surface area contributed by atoms with E-state index in [1.54, 1.807) is 24.5 Å². The predicted molar refractivity (Wildman–Crippen MR) is 77.9 cm³/mol. The molecule has 6 nitrogen and oxygen atoms in total. The van der Waals surface area contributed by atoms with Gasteiger partial charge in [0.2, 0.25) is 10.0 Å². The Morgan fingerprint density at radius 1 is 1.29 bits per heavy atom. The molecule has 0 spiro atoms. The molecule has 0 unspecified atom stereocenters. The van der Waals surface area contributed by atoms with Gasteiger partial charge in [-0.3, -0.25) is 0 Å². The molecule has 0 bridgehead atoms. The fraction of sp³-hybridized carbons (Fsp3) is 0.214. The minimum Gasteiger partial charge on any atom is -0.384 e. The van der Waals surface area contributed by atoms with Crippen molar-refractivity contribution in [2.75, 3.05) is 13.2 Å². The lowest BCUT2D eigenvalue weighted by atomic mass is 10.2. The van der Waals surface area contributed by atoms with Gasteiger partial charge in [-0.1, -0.05) is 11.8 Å². The fourth-order valence-corrected chi connectivity index (χ4v) is 2.71. The number of sulfonamides is 1. The second-order valence-electron chi connectivity index (χ2n) is 4.17. The monoisotopic (exact) mass is 305 g/mol. The van der Waals surface area contributed by atoms with Crippen molar-refractivity contribution in [3.05, 3.63) is 48.0 Å². The van der Waals surface area contributed by atoms with Gasteiger partial charge in [0.05, 0.1) is 4.90 Å². The summed E-state index contributed by atoms with van der Waals surface area (Å²) < 4.78 is 26.6. The van der Waals surface area contributed by atoms with Crippen molar-refractivity contribution in [2.24, 2.45) is 0 Å². The lowest BCUT2D eigenvalue weighted by Gasteiger charge is -2.06. The molecule has 0 aliphatic rings. The maximum absolute atomic E-state index is 12.1. The second-order valence-corrected chi connectivity index (χ2v) is 5.93. The molecule has 2 rings (SSSR count). The standard InChI is InChI=1S/C14H15N3O3S/c18-11-1-2-12-3-5-13(6-4-12)21(19,20)17-8-7-14-15-9-10-16-14/h3-6,9-10,17-18H,7-8,11H2,(H,15,16). The molecule has 3 N–H and O–H groups in total. The molecule has 1 aromatic heterocycles. The van der Waals surface area contributed by atoms with Crippen molar-refractivity contribution in [2.45, 2.75) is 11.3 Å². The highest BCUT2D eigenvalue weighted by Gasteiger charge is 2.13. The Balaban J connectivity index is 1.98. The van der Waals surface area contributed by atoms with Gasteiger partial charge in [0.1, 0.15) is 12.4 Å². The van der Waals surface area contributed by atoms with E-state index in [0.717, 1.165) is 5.82 Å². The van der Waals surface area contributed by atoms with Gasteiger partial charge in [-0.05, 0) is 24.3 Å². The van der Waals surface area contributed by atoms with Gasteiger partial charge in [-0.25, -0.2) is 18.1 Å². The smallest absolute Gasteiger partial charge is 0.240 e. The maximum Gasteiger partial charge on any atom is 0.240 e. The topological polar surface area (TPSA) is 95.1 Å². The van der Waals surface area contributed by atoms with Crippen molar-refractivity contribution in [3.63, 3.8) is 0 Å². The van der Waals surface area contributed by atoms with Crippen molar-refractivity contribution < 1.29 is 13.5 Å². The van der Waals surface area contributed by atoms with Crippen LogP contribution in [-0.2, 0) is 16.4 Å². The third-order valence-electron chi connectivity index (χ3n) is 2.69. The summed E-state index contributed by atoms with van der Waals surface area (Å²) in [6.45, 7) is 0.0380. The number of aliphatic hydroxyl groups excluding tert-OH is 1. The first-order chi connectivity index (χ1) is 10.1. The number of aromatic nitrogens is 2. The summed E-state index contributed by atoms with van der Waals surface area (Å²) in [4.78, 5) is 7.11. The Morgan fingerprint density at radius 3 is 2.67 bits per heavy atom. The van der Waals surface area contributed by atoms with Gasteiger partial charge in [0, 0.05) is 30.9 Å². The van der Waals surface area contributed by atoms with Crippen LogP contribution < -0.4 is 4.72 Å². The molecule has 2 aromatic rings. The van der Waals surface area contributed by atoms with E-state index in [9.17, 15) is 8.42 Å². The molecule has 0 radical (unpaired) electrons. The second kappa shape index (κ2) is 7.04. The van der Waals surface area contributed by atoms with Gasteiger partial charge >= 0.3 is 0 Å². The zero-order valence-electron chi connectivity index (χ0n) is 11.2. The number of benzene rings is 1. The first-order valence-electron chi connectivity index (χ1n) is 6.29. The van der Waals surface area contributed by atoms with E-state index in [2.05, 4.69) is 26.5 Å². The number of rotatable bonds is 5. The summed E-state index contributed by atoms with van der Waals surface area (Å²) in [6, 6.07) is 6.17. The summed E-state index contributed by atoms with van der Waals surface area (Å²) in [5, 5.41) is 8.60. The SMILES string of the molecule is O=S(=O)(NCCc1ncc[nH]1)c1ccc(C#CCO)cc1. The summed E-state index contributed by atoms with van der Waals surface area (Å²) >= 11 is 0. The number of hydrogen-bond donors (Lipinski definition) is 3. The molecule has 0 fully saturated rings. The fourth-order valence-electron chi connectivity index (χ4n) is 1.68. The highest BCUT2D eigenvalue weighted by atomic mass is 32.2. The third-order valence-corrected chi connectivity index (χ3v) is 4.16. The Kier molecular flexibility index (Phi) is 5.11. The van der Waals surface area contributed by atoms with E-state index >= 15 is 0 Å². The lowest BCUT2D eigenvalue weighted by molar-refractivity contribution is 0.350. The van der Waals surface area contributed by atoms with E-state index in [-0.39, 0.29) is 18.0 Å². The molecule has 0 saturated carbocycles. The highest BCUT2D eigenvalue weighted by Crippen LogP contribution is 2.09. The Labute approximate surface area is 123 Å². The Hall–Kier alpha value is -2.14. The molecule has 0 aliphatic heterocycles. The van der Waals surface area contributed by atoms with E-state index in [1.165, 1.54) is 12.1 Å². The zero-order chi connectivity index (χ0) is 15.1. The minimum absolute atomic E-state index is 0.177. The Morgan fingerprint density at radius 2 is 2.05 bits per heavy atom. The van der Waals surface area contributed by atoms with Crippen LogP contribution in [0.4, 0.5) is 0 Å². The molecule has 1 heterocycles. The first kappa shape index (κ1) is 15.3. The zero-order valence-corrected chi connectivity index (χ0v) is 12.0. The van der Waals surface area contributed by atoms with E-state index < -0.39 is 10.0 Å². The van der Waals surface area contributed by atoms with Crippen molar-refractivity contribution in [3.8, 4) is 11.8 Å². The number of imidazole rings is 1. The summed E-state index contributed by atoms with van der Waals surface area (Å²) in [7, 11) is -3.54. The van der Waals surface area contributed by atoms with Crippen molar-refractivity contribution in [1.82, 2.24) is 14.7 Å². The predicted octanol–water partition coefficient (Wildman–Crippen LogP) is 0.274. The lowest BCUT2D eigenvalue weighted by Crippen LogP contribution is -2.26. The normalized spacial score (nSPS) is 10.9. The van der Waals surface area contributed by atoms with Crippen LogP contribution in [-0.4, -0.2) is 36.6 Å². The molecule has 21 heavy (non-hydrogen) atoms. The van der Waals surface area contributed by atoms with Gasteiger partial charge in [-0.2, -0.15) is 0 Å². The van der Waals surface area contributed by atoms with Gasteiger partial charge in [0.25, 0.3) is 0 Å². The molecule has 110 valence electrons. The molecule has 1 aromatic carbocycles. The molecular weight excluding hydrogens is 290 g/mol. The number of nitrogens with one attached hydrogen (secondary N) is 2. The average Bonchev–Trinajstić information content (AvgIpc) is 2.98. The molecule has 0 saturated heterocycles. The van der Waals surface area contributed by atoms with Crippen LogP contribution in [0.1, 0.15) is 11.4 Å². The van der Waals surface area contributed by atoms with Crippen LogP contribution in [0.15, 0.2) is 41.6 Å². The van der Waals surface area contributed by atoms with Crippen LogP contribution in [0.25, 0.3) is 0 Å². The number of hydrogen-bond acceptors (Lipinski definition) is 4. The quantitative estimate of drug-likeness (QED) is 0.691. The molecule has 7 heteroatoms. The maximum atomic E-state index is 12.1. The molecular formula is C14H15N3O3S. The largest absolute Gasteiger partial charge is 0.384 e. The van der Waals surface area contributed by atoms with Crippen LogP contribution in [0, 0.1) is 11.8 Å². The van der Waals surface area contributed by atoms with E-state index in [0.29, 0.717) is 12.0 Å². The third kappa shape index (κ3) is 4.43. The van der Waals surface area contributed by atoms with E-state index in [1.807, 2.05) is 0 Å². The number of aromatic amines is 1. The average molecular weight is 305 g/mol. The summed E-state index contributed by atoms with van der Waals surface area (Å²) in [5.74, 6) is 5.94. The van der Waals surface area contributed by atoms with Crippen LogP contribution in [0.3, 0.4) is 0 Å². The first-order valence-corrected chi connectivity index (χ1v) is 7.78. The van der Waals surface area contributed by atoms with Gasteiger partial charge in [0.15, 0.2) is 0 Å². The van der Waals surface area contributed by atoms with Crippen molar-refractivity contribution in [1.29, 1.82) is 0 Å². The molecule has 0 atom stereocenters. The molecule has 0 amide bonds. The van der Waals surface area contributed by atoms with Gasteiger partial charge in [-0.15, -0.1) is 0 Å². The van der Waals surface area contributed by atoms with Gasteiger partial charge < -0.3 is 10.1 Å². The molecule has 0 aliphatic carbocycles. The van der Waals surface area contributed by atoms with Crippen LogP contribution in [0.5, 0.6) is 0 Å². The number of nitrogens with zero attached hydrogens (tertiary/aromatic N) is 1. The number of aliphatic hydroxyl groups is 1. The van der Waals surface area contributed by atoms with Crippen LogP contribution >= 0.6 is 0 Å². The van der Waals surface area contributed by atoms with E-state index in [4.69, 9.17) is 5.11 Å². The number of H-pyrrole nitrogens is 1. The minimum atomic E-state index is -3.54. The Bertz CT molecular complexity index is 726. The van der Waals surface area contributed by atoms with Crippen molar-refractivity contribution >= 4 is 10.0 Å². The van der Waals surface area contributed by atoms with Crippen LogP contribution in [0.2, 0.25) is 0 Å².